The van der Waals surface area contributed by atoms with Gasteiger partial charge in [0.1, 0.15) is 11.5 Å². The fraction of sp³-hybridized carbons (Fsp3) is 0.316. The van der Waals surface area contributed by atoms with Gasteiger partial charge in [-0.15, -0.1) is 0 Å². The van der Waals surface area contributed by atoms with E-state index < -0.39 is 4.92 Å². The zero-order valence-corrected chi connectivity index (χ0v) is 15.1. The Kier molecular flexibility index (Phi) is 6.54. The van der Waals surface area contributed by atoms with Crippen LogP contribution in [0, 0.1) is 24.0 Å². The summed E-state index contributed by atoms with van der Waals surface area (Å²) in [7, 11) is 1.40. The van der Waals surface area contributed by atoms with E-state index >= 15 is 0 Å². The maximum absolute atomic E-state index is 12.1. The average molecular weight is 358 g/mol. The number of hydrogen-bond donors (Lipinski definition) is 1. The molecule has 0 aromatic heterocycles. The Morgan fingerprint density at radius 2 is 1.92 bits per heavy atom. The van der Waals surface area contributed by atoms with Gasteiger partial charge in [-0.05, 0) is 38.0 Å². The van der Waals surface area contributed by atoms with Crippen LogP contribution < -0.4 is 14.8 Å². The number of ether oxygens (including phenoxy) is 2. The molecule has 0 spiro atoms. The summed E-state index contributed by atoms with van der Waals surface area (Å²) < 4.78 is 10.8. The molecule has 2 rings (SSSR count). The molecule has 0 atom stereocenters. The number of methoxy groups -OCH3 is 1. The van der Waals surface area contributed by atoms with Crippen molar-refractivity contribution in [2.24, 2.45) is 0 Å². The van der Waals surface area contributed by atoms with Gasteiger partial charge in [0, 0.05) is 12.5 Å². The molecule has 0 unspecified atom stereocenters. The van der Waals surface area contributed by atoms with E-state index in [1.165, 1.54) is 30.9 Å². The molecule has 2 aromatic rings. The molecule has 0 aliphatic carbocycles. The number of rotatable bonds is 8. The van der Waals surface area contributed by atoms with Crippen LogP contribution in [0.4, 0.5) is 11.4 Å². The zero-order chi connectivity index (χ0) is 19.1. The van der Waals surface area contributed by atoms with Crippen molar-refractivity contribution in [3.05, 3.63) is 57.6 Å². The van der Waals surface area contributed by atoms with Crippen LogP contribution in [-0.2, 0) is 4.79 Å². The summed E-state index contributed by atoms with van der Waals surface area (Å²) in [5.41, 5.74) is 2.54. The third kappa shape index (κ3) is 5.20. The van der Waals surface area contributed by atoms with Crippen LogP contribution in [0.15, 0.2) is 36.4 Å². The Hall–Kier alpha value is -3.09. The van der Waals surface area contributed by atoms with E-state index in [-0.39, 0.29) is 23.8 Å². The Morgan fingerprint density at radius 1 is 1.15 bits per heavy atom. The van der Waals surface area contributed by atoms with Gasteiger partial charge in [0.15, 0.2) is 0 Å². The van der Waals surface area contributed by atoms with Gasteiger partial charge in [-0.3, -0.25) is 14.9 Å². The summed E-state index contributed by atoms with van der Waals surface area (Å²) in [6, 6.07) is 10.0. The fourth-order valence-electron chi connectivity index (χ4n) is 2.49. The van der Waals surface area contributed by atoms with Crippen molar-refractivity contribution in [1.29, 1.82) is 0 Å². The van der Waals surface area contributed by atoms with Crippen LogP contribution in [-0.4, -0.2) is 24.5 Å². The van der Waals surface area contributed by atoms with Crippen LogP contribution in [0.2, 0.25) is 0 Å². The lowest BCUT2D eigenvalue weighted by atomic mass is 10.1. The number of benzene rings is 2. The number of carbonyl (C=O) groups excluding carboxylic acids is 1. The number of nitro benzene ring substituents is 1. The lowest BCUT2D eigenvalue weighted by Gasteiger charge is -2.11. The number of nitrogens with zero attached hydrogens (tertiary/aromatic N) is 1. The summed E-state index contributed by atoms with van der Waals surface area (Å²) in [6.07, 6.45) is 0.819. The van der Waals surface area contributed by atoms with Gasteiger partial charge < -0.3 is 14.8 Å². The van der Waals surface area contributed by atoms with Gasteiger partial charge in [-0.1, -0.05) is 17.7 Å². The van der Waals surface area contributed by atoms with Gasteiger partial charge >= 0.3 is 0 Å². The third-order valence-corrected chi connectivity index (χ3v) is 3.81. The van der Waals surface area contributed by atoms with Crippen molar-refractivity contribution >= 4 is 17.3 Å². The van der Waals surface area contributed by atoms with Crippen LogP contribution in [0.5, 0.6) is 11.5 Å². The van der Waals surface area contributed by atoms with Gasteiger partial charge in [-0.2, -0.15) is 0 Å². The summed E-state index contributed by atoms with van der Waals surface area (Å²) in [5, 5.41) is 13.5. The highest BCUT2D eigenvalue weighted by Gasteiger charge is 2.13. The van der Waals surface area contributed by atoms with E-state index in [4.69, 9.17) is 9.47 Å². The number of nitro groups is 1. The predicted molar refractivity (Wildman–Crippen MR) is 98.9 cm³/mol. The molecule has 1 amide bonds. The SMILES string of the molecule is COc1cc([N+](=O)[O-])ccc1NC(=O)CCCOc1ccc(C)cc1C. The summed E-state index contributed by atoms with van der Waals surface area (Å²) in [4.78, 5) is 22.3. The summed E-state index contributed by atoms with van der Waals surface area (Å²) in [5.74, 6) is 0.855. The molecule has 7 heteroatoms. The summed E-state index contributed by atoms with van der Waals surface area (Å²) >= 11 is 0. The molecule has 2 aromatic carbocycles. The standard InChI is InChI=1S/C19H22N2O5/c1-13-6-9-17(14(2)11-13)26-10-4-5-19(22)20-16-8-7-15(21(23)24)12-18(16)25-3/h6-9,11-12H,4-5,10H2,1-3H3,(H,20,22). The van der Waals surface area contributed by atoms with E-state index in [0.29, 0.717) is 18.7 Å². The molecule has 0 saturated carbocycles. The Balaban J connectivity index is 1.84. The van der Waals surface area contributed by atoms with E-state index in [2.05, 4.69) is 5.32 Å². The molecule has 7 nitrogen and oxygen atoms in total. The first-order valence-electron chi connectivity index (χ1n) is 8.23. The lowest BCUT2D eigenvalue weighted by Crippen LogP contribution is -2.13. The molecule has 1 N–H and O–H groups in total. The quantitative estimate of drug-likeness (QED) is 0.437. The van der Waals surface area contributed by atoms with Gasteiger partial charge in [0.2, 0.25) is 5.91 Å². The molecule has 0 fully saturated rings. The minimum atomic E-state index is -0.515. The molecule has 0 aliphatic heterocycles. The number of amides is 1. The van der Waals surface area contributed by atoms with Crippen molar-refractivity contribution in [1.82, 2.24) is 0 Å². The van der Waals surface area contributed by atoms with E-state index in [0.717, 1.165) is 11.3 Å². The maximum atomic E-state index is 12.1. The minimum Gasteiger partial charge on any atom is -0.494 e. The number of non-ortho nitro benzene ring substituents is 1. The molecular formula is C19H22N2O5. The Labute approximate surface area is 152 Å². The van der Waals surface area contributed by atoms with Crippen molar-refractivity contribution in [3.63, 3.8) is 0 Å². The second-order valence-corrected chi connectivity index (χ2v) is 5.91. The van der Waals surface area contributed by atoms with Crippen LogP contribution >= 0.6 is 0 Å². The first-order chi connectivity index (χ1) is 12.4. The second-order valence-electron chi connectivity index (χ2n) is 5.91. The smallest absolute Gasteiger partial charge is 0.273 e. The number of hydrogen-bond acceptors (Lipinski definition) is 5. The number of anilines is 1. The molecule has 0 heterocycles. The first kappa shape index (κ1) is 19.2. The number of carbonyl (C=O) groups is 1. The highest BCUT2D eigenvalue weighted by Crippen LogP contribution is 2.29. The van der Waals surface area contributed by atoms with Crippen LogP contribution in [0.3, 0.4) is 0 Å². The summed E-state index contributed by atoms with van der Waals surface area (Å²) in [6.45, 7) is 4.43. The predicted octanol–water partition coefficient (Wildman–Crippen LogP) is 4.02. The fourth-order valence-corrected chi connectivity index (χ4v) is 2.49. The van der Waals surface area contributed by atoms with E-state index in [1.54, 1.807) is 0 Å². The first-order valence-corrected chi connectivity index (χ1v) is 8.23. The molecule has 0 bridgehead atoms. The average Bonchev–Trinajstić information content (AvgIpc) is 2.60. The van der Waals surface area contributed by atoms with E-state index in [9.17, 15) is 14.9 Å². The van der Waals surface area contributed by atoms with Crippen molar-refractivity contribution in [3.8, 4) is 11.5 Å². The highest BCUT2D eigenvalue weighted by molar-refractivity contribution is 5.92. The van der Waals surface area contributed by atoms with Gasteiger partial charge in [-0.25, -0.2) is 0 Å². The van der Waals surface area contributed by atoms with Crippen molar-refractivity contribution in [2.45, 2.75) is 26.7 Å². The number of aryl methyl sites for hydroxylation is 2. The Bertz CT molecular complexity index is 805. The lowest BCUT2D eigenvalue weighted by molar-refractivity contribution is -0.384. The maximum Gasteiger partial charge on any atom is 0.273 e. The molecule has 0 aliphatic rings. The van der Waals surface area contributed by atoms with Gasteiger partial charge in [0.25, 0.3) is 5.69 Å². The third-order valence-electron chi connectivity index (χ3n) is 3.81. The zero-order valence-electron chi connectivity index (χ0n) is 15.1. The van der Waals surface area contributed by atoms with Gasteiger partial charge in [0.05, 0.1) is 30.4 Å². The molecule has 138 valence electrons. The normalized spacial score (nSPS) is 10.3. The van der Waals surface area contributed by atoms with E-state index in [1.807, 2.05) is 32.0 Å². The van der Waals surface area contributed by atoms with Crippen molar-refractivity contribution < 1.29 is 19.2 Å². The van der Waals surface area contributed by atoms with Crippen LogP contribution in [0.25, 0.3) is 0 Å². The Morgan fingerprint density at radius 3 is 2.58 bits per heavy atom. The molecule has 0 saturated heterocycles. The monoisotopic (exact) mass is 358 g/mol. The largest absolute Gasteiger partial charge is 0.494 e. The van der Waals surface area contributed by atoms with Crippen LogP contribution in [0.1, 0.15) is 24.0 Å². The molecule has 0 radical (unpaired) electrons. The molecular weight excluding hydrogens is 336 g/mol. The topological polar surface area (TPSA) is 90.7 Å². The molecule has 26 heavy (non-hydrogen) atoms. The minimum absolute atomic E-state index is 0.0956. The van der Waals surface area contributed by atoms with Crippen molar-refractivity contribution in [2.75, 3.05) is 19.0 Å². The highest BCUT2D eigenvalue weighted by atomic mass is 16.6. The number of nitrogens with one attached hydrogen (secondary N) is 1. The second kappa shape index (κ2) is 8.84.